The van der Waals surface area contributed by atoms with Gasteiger partial charge in [0.2, 0.25) is 5.43 Å². The first-order valence-corrected chi connectivity index (χ1v) is 11.0. The van der Waals surface area contributed by atoms with Crippen LogP contribution < -0.4 is 11.2 Å². The first kappa shape index (κ1) is 18.5. The minimum Gasteiger partial charge on any atom is -0.462 e. The third kappa shape index (κ3) is 3.18. The maximum absolute atomic E-state index is 12.9. The summed E-state index contributed by atoms with van der Waals surface area (Å²) in [5.41, 5.74) is 8.77. The second-order valence-electron chi connectivity index (χ2n) is 7.79. The van der Waals surface area contributed by atoms with Crippen LogP contribution in [0.5, 0.6) is 0 Å². The predicted octanol–water partition coefficient (Wildman–Crippen LogP) is 3.97. The largest absolute Gasteiger partial charge is 0.462 e. The van der Waals surface area contributed by atoms with Gasteiger partial charge >= 0.3 is 5.97 Å². The molecule has 6 nitrogen and oxygen atoms in total. The first-order chi connectivity index (χ1) is 14.1. The maximum Gasteiger partial charge on any atom is 0.343 e. The lowest BCUT2D eigenvalue weighted by Gasteiger charge is -2.17. The maximum atomic E-state index is 12.9. The van der Waals surface area contributed by atoms with E-state index < -0.39 is 5.97 Å². The lowest BCUT2D eigenvalue weighted by molar-refractivity contribution is 0.0524. The van der Waals surface area contributed by atoms with Gasteiger partial charge in [-0.2, -0.15) is 0 Å². The van der Waals surface area contributed by atoms with Crippen molar-refractivity contribution in [1.82, 2.24) is 9.55 Å². The average molecular weight is 410 g/mol. The van der Waals surface area contributed by atoms with Gasteiger partial charge in [0.15, 0.2) is 0 Å². The minimum absolute atomic E-state index is 0.0818. The third-order valence-corrected chi connectivity index (χ3v) is 6.96. The fourth-order valence-corrected chi connectivity index (χ4v) is 5.31. The number of hydrogen-bond donors (Lipinski definition) is 1. The molecule has 1 unspecified atom stereocenters. The van der Waals surface area contributed by atoms with E-state index in [2.05, 4.69) is 6.07 Å². The number of fused-ring (bicyclic) bond motifs is 2. The van der Waals surface area contributed by atoms with Crippen LogP contribution in [0.3, 0.4) is 0 Å². The van der Waals surface area contributed by atoms with Crippen LogP contribution in [-0.4, -0.2) is 22.1 Å². The highest BCUT2D eigenvalue weighted by atomic mass is 32.1. The van der Waals surface area contributed by atoms with Crippen molar-refractivity contribution in [2.45, 2.75) is 51.1 Å². The van der Waals surface area contributed by atoms with E-state index in [-0.39, 0.29) is 29.7 Å². The summed E-state index contributed by atoms with van der Waals surface area (Å²) >= 11 is 1.75. The summed E-state index contributed by atoms with van der Waals surface area (Å²) in [6, 6.07) is 6.20. The number of carbonyl (C=O) groups is 1. The molecule has 7 heteroatoms. The molecule has 0 spiro atoms. The Labute approximate surface area is 172 Å². The third-order valence-electron chi connectivity index (χ3n) is 5.73. The van der Waals surface area contributed by atoms with Crippen molar-refractivity contribution in [3.63, 3.8) is 0 Å². The number of ether oxygens (including phenoxy) is 1. The highest BCUT2D eigenvalue weighted by molar-refractivity contribution is 7.15. The number of hydrogen-bond acceptors (Lipinski definition) is 6. The Morgan fingerprint density at radius 2 is 2.17 bits per heavy atom. The molecule has 1 atom stereocenters. The molecular formula is C22H23N3O3S. The topological polar surface area (TPSA) is 87.2 Å². The summed E-state index contributed by atoms with van der Waals surface area (Å²) < 4.78 is 7.06. The summed E-state index contributed by atoms with van der Waals surface area (Å²) in [5.74, 6) is -0.571. The Balaban J connectivity index is 1.65. The molecule has 3 heterocycles. The number of esters is 1. The number of nitrogens with zero attached hydrogens (tertiary/aromatic N) is 2. The second kappa shape index (κ2) is 7.07. The van der Waals surface area contributed by atoms with Crippen LogP contribution in [0, 0.1) is 0 Å². The van der Waals surface area contributed by atoms with Crippen molar-refractivity contribution in [2.24, 2.45) is 5.73 Å². The van der Waals surface area contributed by atoms with Gasteiger partial charge in [-0.1, -0.05) is 0 Å². The van der Waals surface area contributed by atoms with Gasteiger partial charge in [-0.15, -0.1) is 11.3 Å². The first-order valence-electron chi connectivity index (χ1n) is 10.2. The zero-order chi connectivity index (χ0) is 20.1. The van der Waals surface area contributed by atoms with E-state index in [1.54, 1.807) is 30.5 Å². The fraction of sp³-hybridized carbons (Fsp3) is 0.409. The molecule has 0 bridgehead atoms. The van der Waals surface area contributed by atoms with Crippen molar-refractivity contribution >= 4 is 28.3 Å². The molecule has 2 aliphatic carbocycles. The smallest absolute Gasteiger partial charge is 0.343 e. The molecule has 5 rings (SSSR count). The molecular weight excluding hydrogens is 386 g/mol. The molecule has 0 aliphatic heterocycles. The van der Waals surface area contributed by atoms with E-state index in [9.17, 15) is 9.59 Å². The molecule has 3 aromatic rings. The molecule has 0 aromatic carbocycles. The molecule has 2 aliphatic rings. The van der Waals surface area contributed by atoms with Crippen LogP contribution >= 0.6 is 11.3 Å². The number of pyridine rings is 2. The van der Waals surface area contributed by atoms with Crippen molar-refractivity contribution in [1.29, 1.82) is 0 Å². The van der Waals surface area contributed by atoms with Gasteiger partial charge in [-0.25, -0.2) is 9.78 Å². The van der Waals surface area contributed by atoms with E-state index in [1.807, 2.05) is 10.6 Å². The van der Waals surface area contributed by atoms with E-state index in [0.29, 0.717) is 11.0 Å². The zero-order valence-corrected chi connectivity index (χ0v) is 17.1. The quantitative estimate of drug-likeness (QED) is 0.659. The number of nitrogens with two attached hydrogens (primary N) is 1. The van der Waals surface area contributed by atoms with Crippen LogP contribution in [0.15, 0.2) is 29.2 Å². The normalized spacial score (nSPS) is 18.6. The molecule has 0 amide bonds. The highest BCUT2D eigenvalue weighted by Gasteiger charge is 2.28. The van der Waals surface area contributed by atoms with E-state index in [1.165, 1.54) is 10.4 Å². The minimum atomic E-state index is -0.571. The van der Waals surface area contributed by atoms with Crippen LogP contribution in [-0.2, 0) is 11.2 Å². The van der Waals surface area contributed by atoms with Gasteiger partial charge in [-0.05, 0) is 62.8 Å². The van der Waals surface area contributed by atoms with Crippen LogP contribution in [0.4, 0.5) is 0 Å². The van der Waals surface area contributed by atoms with Crippen molar-refractivity contribution in [3.8, 4) is 10.6 Å². The Kier molecular flexibility index (Phi) is 4.52. The zero-order valence-electron chi connectivity index (χ0n) is 16.3. The Bertz CT molecular complexity index is 1180. The van der Waals surface area contributed by atoms with E-state index in [4.69, 9.17) is 15.5 Å². The number of aromatic nitrogens is 2. The lowest BCUT2D eigenvalue weighted by atomic mass is 9.94. The predicted molar refractivity (Wildman–Crippen MR) is 113 cm³/mol. The summed E-state index contributed by atoms with van der Waals surface area (Å²) in [5, 5.41) is 0.462. The molecule has 0 radical (unpaired) electrons. The monoisotopic (exact) mass is 409 g/mol. The van der Waals surface area contributed by atoms with Crippen LogP contribution in [0.1, 0.15) is 65.5 Å². The Morgan fingerprint density at radius 3 is 2.90 bits per heavy atom. The summed E-state index contributed by atoms with van der Waals surface area (Å²) in [6.45, 7) is 1.97. The van der Waals surface area contributed by atoms with Crippen molar-refractivity contribution < 1.29 is 9.53 Å². The summed E-state index contributed by atoms with van der Waals surface area (Å²) in [4.78, 5) is 32.5. The van der Waals surface area contributed by atoms with E-state index in [0.717, 1.165) is 42.7 Å². The van der Waals surface area contributed by atoms with Crippen LogP contribution in [0.25, 0.3) is 21.6 Å². The molecule has 1 fully saturated rings. The molecule has 2 N–H and O–H groups in total. The van der Waals surface area contributed by atoms with Crippen molar-refractivity contribution in [3.05, 3.63) is 50.6 Å². The average Bonchev–Trinajstić information content (AvgIpc) is 3.46. The Hall–Kier alpha value is -2.51. The molecule has 1 saturated carbocycles. The van der Waals surface area contributed by atoms with Gasteiger partial charge in [-0.3, -0.25) is 4.79 Å². The number of rotatable bonds is 4. The number of aryl methyl sites for hydroxylation is 1. The number of thiophene rings is 1. The Morgan fingerprint density at radius 1 is 1.34 bits per heavy atom. The second-order valence-corrected chi connectivity index (χ2v) is 8.92. The van der Waals surface area contributed by atoms with Gasteiger partial charge in [0.25, 0.3) is 0 Å². The molecule has 3 aromatic heterocycles. The highest BCUT2D eigenvalue weighted by Crippen LogP contribution is 2.40. The number of carbonyl (C=O) groups excluding carboxylic acids is 1. The van der Waals surface area contributed by atoms with E-state index >= 15 is 0 Å². The van der Waals surface area contributed by atoms with Crippen LogP contribution in [0.2, 0.25) is 0 Å². The van der Waals surface area contributed by atoms with Gasteiger partial charge in [0, 0.05) is 23.2 Å². The fourth-order valence-electron chi connectivity index (χ4n) is 4.07. The lowest BCUT2D eigenvalue weighted by Crippen LogP contribution is -2.21. The molecule has 29 heavy (non-hydrogen) atoms. The molecule has 0 saturated heterocycles. The SMILES string of the molecule is CCOC(=O)c1cn(C2CC2)c2nc(-c3cc4c(s3)CCCC4N)ccc2c1=O. The summed E-state index contributed by atoms with van der Waals surface area (Å²) in [7, 11) is 0. The van der Waals surface area contributed by atoms with Gasteiger partial charge in [0.05, 0.1) is 22.6 Å². The summed E-state index contributed by atoms with van der Waals surface area (Å²) in [6.07, 6.45) is 6.88. The molecule has 150 valence electrons. The standard InChI is InChI=1S/C22H23N3O3S/c1-2-28-22(27)15-11-25(12-6-7-12)21-13(20(15)26)8-9-17(24-21)19-10-14-16(23)4-3-5-18(14)29-19/h8-12,16H,2-7,23H2,1H3. The van der Waals surface area contributed by atoms with Crippen molar-refractivity contribution in [2.75, 3.05) is 6.61 Å². The van der Waals surface area contributed by atoms with Gasteiger partial charge < -0.3 is 15.0 Å². The van der Waals surface area contributed by atoms with Gasteiger partial charge in [0.1, 0.15) is 11.2 Å².